The summed E-state index contributed by atoms with van der Waals surface area (Å²) in [6, 6.07) is 7.73. The normalized spacial score (nSPS) is 12.2. The number of anilines is 1. The third kappa shape index (κ3) is 4.74. The van der Waals surface area contributed by atoms with Gasteiger partial charge in [-0.05, 0) is 31.2 Å². The molecule has 0 spiro atoms. The summed E-state index contributed by atoms with van der Waals surface area (Å²) in [6.07, 6.45) is 5.57. The molecule has 1 rings (SSSR count). The lowest BCUT2D eigenvalue weighted by Gasteiger charge is -2.08. The molecule has 1 aromatic carbocycles. The van der Waals surface area contributed by atoms with Gasteiger partial charge in [0.2, 0.25) is 0 Å². The first kappa shape index (κ1) is 15.7. The van der Waals surface area contributed by atoms with E-state index in [1.165, 1.54) is 18.2 Å². The Kier molecular flexibility index (Phi) is 5.74. The van der Waals surface area contributed by atoms with Crippen LogP contribution in [0.5, 0.6) is 0 Å². The van der Waals surface area contributed by atoms with E-state index >= 15 is 0 Å². The van der Waals surface area contributed by atoms with Crippen LogP contribution in [0.15, 0.2) is 66.1 Å². The molecule has 0 unspecified atom stereocenters. The fourth-order valence-corrected chi connectivity index (χ4v) is 2.38. The van der Waals surface area contributed by atoms with Crippen molar-refractivity contribution in [3.8, 4) is 0 Å². The van der Waals surface area contributed by atoms with Crippen molar-refractivity contribution in [1.82, 2.24) is 4.72 Å². The molecule has 0 atom stereocenters. The van der Waals surface area contributed by atoms with Crippen molar-refractivity contribution in [2.75, 3.05) is 5.32 Å². The van der Waals surface area contributed by atoms with Crippen molar-refractivity contribution in [3.05, 3.63) is 66.1 Å². The Balaban J connectivity index is 2.83. The number of carbonyl (C=O) groups excluding carboxylic acids is 1. The maximum atomic E-state index is 12.0. The van der Waals surface area contributed by atoms with Crippen LogP contribution in [0.3, 0.4) is 0 Å². The van der Waals surface area contributed by atoms with Crippen molar-refractivity contribution >= 4 is 21.7 Å². The minimum absolute atomic E-state index is 0.0433. The zero-order valence-electron chi connectivity index (χ0n) is 11.0. The lowest BCUT2D eigenvalue weighted by Crippen LogP contribution is -2.34. The third-order valence-electron chi connectivity index (χ3n) is 2.18. The molecule has 6 heteroatoms. The average molecular weight is 292 g/mol. The molecule has 0 heterocycles. The molecule has 0 aromatic heterocycles. The minimum atomic E-state index is -3.92. The van der Waals surface area contributed by atoms with Crippen LogP contribution in [-0.2, 0) is 10.0 Å². The number of sulfonamides is 1. The van der Waals surface area contributed by atoms with Gasteiger partial charge in [-0.1, -0.05) is 36.9 Å². The topological polar surface area (TPSA) is 75.3 Å². The number of benzene rings is 1. The number of para-hydroxylation sites is 1. The van der Waals surface area contributed by atoms with Crippen LogP contribution in [-0.4, -0.2) is 14.4 Å². The molecule has 0 aliphatic carbocycles. The monoisotopic (exact) mass is 292 g/mol. The van der Waals surface area contributed by atoms with Crippen LogP contribution in [0.2, 0.25) is 0 Å². The van der Waals surface area contributed by atoms with Gasteiger partial charge in [0.15, 0.2) is 0 Å². The first-order chi connectivity index (χ1) is 9.49. The van der Waals surface area contributed by atoms with Gasteiger partial charge in [-0.2, -0.15) is 0 Å². The van der Waals surface area contributed by atoms with Gasteiger partial charge in [0.25, 0.3) is 10.0 Å². The van der Waals surface area contributed by atoms with Crippen LogP contribution in [0.25, 0.3) is 0 Å². The second kappa shape index (κ2) is 7.30. The van der Waals surface area contributed by atoms with Crippen molar-refractivity contribution in [2.45, 2.75) is 6.92 Å². The van der Waals surface area contributed by atoms with E-state index in [0.29, 0.717) is 5.69 Å². The highest BCUT2D eigenvalue weighted by Gasteiger charge is 2.17. The van der Waals surface area contributed by atoms with E-state index in [1.54, 1.807) is 43.3 Å². The first-order valence-electron chi connectivity index (χ1n) is 5.84. The molecule has 0 bridgehead atoms. The molecule has 0 saturated heterocycles. The number of rotatable bonds is 5. The fourth-order valence-electron chi connectivity index (χ4n) is 1.37. The molecule has 0 saturated carbocycles. The number of hydrogen-bond acceptors (Lipinski definition) is 3. The number of nitrogens with one attached hydrogen (secondary N) is 2. The lowest BCUT2D eigenvalue weighted by molar-refractivity contribution is 0.256. The van der Waals surface area contributed by atoms with E-state index in [1.807, 2.05) is 4.72 Å². The van der Waals surface area contributed by atoms with Crippen LogP contribution < -0.4 is 10.0 Å². The van der Waals surface area contributed by atoms with Gasteiger partial charge in [0, 0.05) is 5.69 Å². The SMILES string of the molecule is C=C/C=C(\C=C/C)S(=O)(=O)NC(=O)Nc1ccccc1. The van der Waals surface area contributed by atoms with E-state index in [-0.39, 0.29) is 4.91 Å². The van der Waals surface area contributed by atoms with Gasteiger partial charge < -0.3 is 5.32 Å². The van der Waals surface area contributed by atoms with E-state index in [9.17, 15) is 13.2 Å². The Bertz CT molecular complexity index is 632. The highest BCUT2D eigenvalue weighted by molar-refractivity contribution is 7.94. The molecule has 0 aliphatic heterocycles. The maximum Gasteiger partial charge on any atom is 0.333 e. The van der Waals surface area contributed by atoms with Gasteiger partial charge in [-0.3, -0.25) is 0 Å². The molecular formula is C14H16N2O3S. The highest BCUT2D eigenvalue weighted by Crippen LogP contribution is 2.09. The Morgan fingerprint density at radius 3 is 2.45 bits per heavy atom. The van der Waals surface area contributed by atoms with Gasteiger partial charge in [-0.25, -0.2) is 17.9 Å². The summed E-state index contributed by atoms with van der Waals surface area (Å²) in [6.45, 7) is 5.12. The standard InChI is InChI=1S/C14H16N2O3S/c1-3-8-13(9-4-2)20(18,19)16-14(17)15-12-10-6-5-7-11-12/h3-11H,1H2,2H3,(H2,15,16,17)/b9-4-,13-8+. The first-order valence-corrected chi connectivity index (χ1v) is 7.32. The summed E-state index contributed by atoms with van der Waals surface area (Å²) < 4.78 is 25.9. The van der Waals surface area contributed by atoms with E-state index < -0.39 is 16.1 Å². The van der Waals surface area contributed by atoms with E-state index in [4.69, 9.17) is 0 Å². The molecule has 20 heavy (non-hydrogen) atoms. The second-order valence-electron chi connectivity index (χ2n) is 3.73. The van der Waals surface area contributed by atoms with Crippen LogP contribution in [0.4, 0.5) is 10.5 Å². The maximum absolute atomic E-state index is 12.0. The van der Waals surface area contributed by atoms with Crippen molar-refractivity contribution in [1.29, 1.82) is 0 Å². The molecule has 106 valence electrons. The molecule has 0 fully saturated rings. The summed E-state index contributed by atoms with van der Waals surface area (Å²) in [5.41, 5.74) is 0.500. The minimum Gasteiger partial charge on any atom is -0.307 e. The number of amides is 2. The Morgan fingerprint density at radius 2 is 1.90 bits per heavy atom. The lowest BCUT2D eigenvalue weighted by atomic mass is 10.3. The largest absolute Gasteiger partial charge is 0.333 e. The summed E-state index contributed by atoms with van der Waals surface area (Å²) in [5.74, 6) is 0. The van der Waals surface area contributed by atoms with Crippen LogP contribution in [0.1, 0.15) is 6.92 Å². The Labute approximate surface area is 118 Å². The number of carbonyl (C=O) groups is 1. The van der Waals surface area contributed by atoms with Gasteiger partial charge in [0.05, 0.1) is 4.91 Å². The number of urea groups is 1. The Hall–Kier alpha value is -2.34. The summed E-state index contributed by atoms with van der Waals surface area (Å²) in [7, 11) is -3.92. The molecule has 2 N–H and O–H groups in total. The number of hydrogen-bond donors (Lipinski definition) is 2. The van der Waals surface area contributed by atoms with Crippen molar-refractivity contribution in [3.63, 3.8) is 0 Å². The summed E-state index contributed by atoms with van der Waals surface area (Å²) in [4.78, 5) is 11.6. The van der Waals surface area contributed by atoms with Crippen LogP contribution in [0, 0.1) is 0 Å². The van der Waals surface area contributed by atoms with Gasteiger partial charge >= 0.3 is 6.03 Å². The molecule has 5 nitrogen and oxygen atoms in total. The summed E-state index contributed by atoms with van der Waals surface area (Å²) >= 11 is 0. The molecular weight excluding hydrogens is 276 g/mol. The smallest absolute Gasteiger partial charge is 0.307 e. The summed E-state index contributed by atoms with van der Waals surface area (Å²) in [5, 5.41) is 2.43. The second-order valence-corrected chi connectivity index (χ2v) is 5.41. The number of allylic oxidation sites excluding steroid dienone is 4. The predicted octanol–water partition coefficient (Wildman–Crippen LogP) is 2.78. The molecule has 1 aromatic rings. The zero-order chi connectivity index (χ0) is 15.0. The van der Waals surface area contributed by atoms with Gasteiger partial charge in [0.1, 0.15) is 0 Å². The average Bonchev–Trinajstić information content (AvgIpc) is 2.39. The van der Waals surface area contributed by atoms with Crippen molar-refractivity contribution in [2.24, 2.45) is 0 Å². The fraction of sp³-hybridized carbons (Fsp3) is 0.0714. The third-order valence-corrected chi connectivity index (χ3v) is 3.53. The van der Waals surface area contributed by atoms with E-state index in [2.05, 4.69) is 11.9 Å². The van der Waals surface area contributed by atoms with Crippen molar-refractivity contribution < 1.29 is 13.2 Å². The predicted molar refractivity (Wildman–Crippen MR) is 80.6 cm³/mol. The molecule has 0 aliphatic rings. The van der Waals surface area contributed by atoms with Crippen LogP contribution >= 0.6 is 0 Å². The zero-order valence-corrected chi connectivity index (χ0v) is 11.9. The highest BCUT2D eigenvalue weighted by atomic mass is 32.2. The molecule has 0 radical (unpaired) electrons. The van der Waals surface area contributed by atoms with Gasteiger partial charge in [-0.15, -0.1) is 0 Å². The quantitative estimate of drug-likeness (QED) is 0.819. The Morgan fingerprint density at radius 1 is 1.25 bits per heavy atom. The van der Waals surface area contributed by atoms with E-state index in [0.717, 1.165) is 0 Å². The molecule has 2 amide bonds.